The molecule has 4 rings (SSSR count). The molecule has 2 aromatic carbocycles. The maximum absolute atomic E-state index is 6.04. The van der Waals surface area contributed by atoms with Crippen LogP contribution in [0.15, 0.2) is 54.6 Å². The van der Waals surface area contributed by atoms with Gasteiger partial charge in [-0.25, -0.2) is 9.97 Å². The van der Waals surface area contributed by atoms with Crippen molar-refractivity contribution >= 4 is 28.8 Å². The lowest BCUT2D eigenvalue weighted by Gasteiger charge is -2.08. The number of benzene rings is 2. The Hall–Kier alpha value is -2.63. The van der Waals surface area contributed by atoms with Crippen LogP contribution >= 0.6 is 23.2 Å². The maximum atomic E-state index is 6.04. The number of aromatic nitrogens is 4. The van der Waals surface area contributed by atoms with Gasteiger partial charge in [0.1, 0.15) is 5.75 Å². The Morgan fingerprint density at radius 1 is 0.926 bits per heavy atom. The van der Waals surface area contributed by atoms with Crippen LogP contribution in [0.4, 0.5) is 0 Å². The van der Waals surface area contributed by atoms with Crippen molar-refractivity contribution in [2.45, 2.75) is 11.8 Å². The molecule has 0 fully saturated rings. The molecule has 2 heterocycles. The van der Waals surface area contributed by atoms with Crippen molar-refractivity contribution in [2.75, 3.05) is 7.11 Å². The topological polar surface area (TPSA) is 52.3 Å². The largest absolute Gasteiger partial charge is 0.497 e. The van der Waals surface area contributed by atoms with Crippen molar-refractivity contribution in [3.63, 3.8) is 0 Å². The Morgan fingerprint density at radius 3 is 2.22 bits per heavy atom. The lowest BCUT2D eigenvalue weighted by molar-refractivity contribution is 0.415. The first-order valence-corrected chi connectivity index (χ1v) is 9.20. The number of halogens is 2. The molecule has 0 radical (unpaired) electrons. The molecular weight excluding hydrogens is 383 g/mol. The van der Waals surface area contributed by atoms with Crippen LogP contribution in [0.3, 0.4) is 0 Å². The monoisotopic (exact) mass is 398 g/mol. The van der Waals surface area contributed by atoms with Crippen LogP contribution in [0.1, 0.15) is 16.2 Å². The Bertz CT molecular complexity index is 1090. The van der Waals surface area contributed by atoms with Crippen LogP contribution in [-0.2, 0) is 0 Å². The lowest BCUT2D eigenvalue weighted by Crippen LogP contribution is -2.05. The minimum absolute atomic E-state index is 0.340. The van der Waals surface area contributed by atoms with Crippen LogP contribution in [-0.4, -0.2) is 26.7 Å². The summed E-state index contributed by atoms with van der Waals surface area (Å²) in [7, 11) is 1.63. The first-order valence-electron chi connectivity index (χ1n) is 8.32. The fourth-order valence-electron chi connectivity index (χ4n) is 2.79. The highest BCUT2D eigenvalue weighted by atomic mass is 35.5. The number of hydrogen-bond acceptors (Lipinski definition) is 4. The van der Waals surface area contributed by atoms with Crippen LogP contribution in [0.25, 0.3) is 28.3 Å². The second kappa shape index (κ2) is 7.18. The predicted molar refractivity (Wildman–Crippen MR) is 107 cm³/mol. The lowest BCUT2D eigenvalue weighted by atomic mass is 10.1. The van der Waals surface area contributed by atoms with E-state index in [0.717, 1.165) is 22.6 Å². The summed E-state index contributed by atoms with van der Waals surface area (Å²) in [6.07, 6.45) is 0. The molecule has 0 spiro atoms. The molecule has 7 heteroatoms. The van der Waals surface area contributed by atoms with Gasteiger partial charge in [-0.15, -0.1) is 0 Å². The maximum Gasteiger partial charge on any atom is 0.167 e. The highest BCUT2D eigenvalue weighted by molar-refractivity contribution is 6.43. The van der Waals surface area contributed by atoms with Gasteiger partial charge in [0.2, 0.25) is 0 Å². The molecule has 0 saturated carbocycles. The molecule has 27 heavy (non-hydrogen) atoms. The van der Waals surface area contributed by atoms with Gasteiger partial charge in [0.25, 0.3) is 0 Å². The zero-order chi connectivity index (χ0) is 19.0. The molecular formula is C20H16Cl2N4O. The van der Waals surface area contributed by atoms with Gasteiger partial charge < -0.3 is 4.74 Å². The third-order valence-electron chi connectivity index (χ3n) is 4.23. The van der Waals surface area contributed by atoms with Gasteiger partial charge in [-0.1, -0.05) is 53.0 Å². The van der Waals surface area contributed by atoms with E-state index in [4.69, 9.17) is 33.0 Å². The van der Waals surface area contributed by atoms with E-state index in [1.165, 1.54) is 5.56 Å². The molecule has 0 atom stereocenters. The van der Waals surface area contributed by atoms with E-state index >= 15 is 0 Å². The number of alkyl halides is 2. The average molecular weight is 399 g/mol. The van der Waals surface area contributed by atoms with Crippen molar-refractivity contribution in [3.05, 3.63) is 66.0 Å². The van der Waals surface area contributed by atoms with Crippen molar-refractivity contribution in [1.82, 2.24) is 19.6 Å². The fraction of sp³-hybridized carbons (Fsp3) is 0.150. The molecule has 0 N–H and O–H groups in total. The number of rotatable bonds is 4. The third kappa shape index (κ3) is 3.48. The first-order chi connectivity index (χ1) is 13.0. The Balaban J connectivity index is 1.91. The molecule has 0 unspecified atom stereocenters. The standard InChI is InChI=1S/C20H16Cl2N4O/c1-12-3-5-13(6-4-12)16-11-17-23-19(18(21)22)24-20(26(17)25-16)14-7-9-15(27-2)10-8-14/h3-11,18H,1-2H3. The van der Waals surface area contributed by atoms with E-state index in [-0.39, 0.29) is 0 Å². The fourth-order valence-corrected chi connectivity index (χ4v) is 2.99. The number of aryl methyl sites for hydroxylation is 1. The molecule has 4 aromatic rings. The van der Waals surface area contributed by atoms with Crippen LogP contribution in [0.2, 0.25) is 0 Å². The minimum Gasteiger partial charge on any atom is -0.497 e. The van der Waals surface area contributed by atoms with Gasteiger partial charge in [0.05, 0.1) is 12.8 Å². The minimum atomic E-state index is -0.829. The van der Waals surface area contributed by atoms with Crippen LogP contribution in [0, 0.1) is 6.92 Å². The van der Waals surface area contributed by atoms with E-state index in [1.54, 1.807) is 11.6 Å². The van der Waals surface area contributed by atoms with Crippen molar-refractivity contribution < 1.29 is 4.74 Å². The van der Waals surface area contributed by atoms with E-state index in [9.17, 15) is 0 Å². The van der Waals surface area contributed by atoms with Gasteiger partial charge in [0.15, 0.2) is 22.1 Å². The van der Waals surface area contributed by atoms with Crippen molar-refractivity contribution in [2.24, 2.45) is 0 Å². The average Bonchev–Trinajstić information content (AvgIpc) is 3.12. The summed E-state index contributed by atoms with van der Waals surface area (Å²) in [6, 6.07) is 17.6. The molecule has 0 aliphatic carbocycles. The highest BCUT2D eigenvalue weighted by Crippen LogP contribution is 2.28. The number of ether oxygens (including phenoxy) is 1. The number of nitrogens with zero attached hydrogens (tertiary/aromatic N) is 4. The first kappa shape index (κ1) is 17.8. The number of methoxy groups -OCH3 is 1. The third-order valence-corrected chi connectivity index (χ3v) is 4.62. The predicted octanol–water partition coefficient (Wildman–Crippen LogP) is 5.25. The van der Waals surface area contributed by atoms with Gasteiger partial charge in [-0.05, 0) is 31.2 Å². The SMILES string of the molecule is COc1ccc(-c2nc(C(Cl)Cl)nc3cc(-c4ccc(C)cc4)nn23)cc1. The Morgan fingerprint density at radius 2 is 1.59 bits per heavy atom. The Labute approximate surface area is 166 Å². The molecule has 5 nitrogen and oxygen atoms in total. The van der Waals surface area contributed by atoms with Crippen molar-refractivity contribution in [3.8, 4) is 28.4 Å². The normalized spacial score (nSPS) is 11.3. The summed E-state index contributed by atoms with van der Waals surface area (Å²) in [5.74, 6) is 1.71. The zero-order valence-corrected chi connectivity index (χ0v) is 16.2. The van der Waals surface area contributed by atoms with Gasteiger partial charge in [0, 0.05) is 17.2 Å². The zero-order valence-electron chi connectivity index (χ0n) is 14.7. The van der Waals surface area contributed by atoms with Gasteiger partial charge in [-0.3, -0.25) is 0 Å². The van der Waals surface area contributed by atoms with E-state index in [2.05, 4.69) is 9.97 Å². The molecule has 0 saturated heterocycles. The second-order valence-corrected chi connectivity index (χ2v) is 7.20. The molecule has 0 bridgehead atoms. The summed E-state index contributed by atoms with van der Waals surface area (Å²) in [5, 5.41) is 4.71. The van der Waals surface area contributed by atoms with Gasteiger partial charge in [-0.2, -0.15) is 9.61 Å². The van der Waals surface area contributed by atoms with Crippen molar-refractivity contribution in [1.29, 1.82) is 0 Å². The summed E-state index contributed by atoms with van der Waals surface area (Å²) in [5.41, 5.74) is 4.49. The highest BCUT2D eigenvalue weighted by Gasteiger charge is 2.17. The quantitative estimate of drug-likeness (QED) is 0.440. The summed E-state index contributed by atoms with van der Waals surface area (Å²) >= 11 is 12.1. The summed E-state index contributed by atoms with van der Waals surface area (Å²) in [6.45, 7) is 2.05. The Kier molecular flexibility index (Phi) is 4.72. The van der Waals surface area contributed by atoms with E-state index in [0.29, 0.717) is 17.3 Å². The summed E-state index contributed by atoms with van der Waals surface area (Å²) in [4.78, 5) is 8.16. The number of fused-ring (bicyclic) bond motifs is 1. The molecule has 2 aromatic heterocycles. The second-order valence-electron chi connectivity index (χ2n) is 6.10. The molecule has 0 aliphatic rings. The van der Waals surface area contributed by atoms with E-state index in [1.807, 2.05) is 61.5 Å². The van der Waals surface area contributed by atoms with Gasteiger partial charge >= 0.3 is 0 Å². The summed E-state index contributed by atoms with van der Waals surface area (Å²) < 4.78 is 6.93. The van der Waals surface area contributed by atoms with Crippen LogP contribution < -0.4 is 4.74 Å². The molecule has 0 aliphatic heterocycles. The molecule has 136 valence electrons. The van der Waals surface area contributed by atoms with Crippen LogP contribution in [0.5, 0.6) is 5.75 Å². The smallest absolute Gasteiger partial charge is 0.167 e. The number of hydrogen-bond donors (Lipinski definition) is 0. The van der Waals surface area contributed by atoms with E-state index < -0.39 is 4.84 Å². The molecule has 0 amide bonds.